The maximum Gasteiger partial charge on any atom is 0.428 e. The number of hydrogen-bond donors (Lipinski definition) is 2. The summed E-state index contributed by atoms with van der Waals surface area (Å²) in [4.78, 5) is 38.3. The molecule has 8 heteroatoms. The lowest BCUT2D eigenvalue weighted by Crippen LogP contribution is -2.55. The summed E-state index contributed by atoms with van der Waals surface area (Å²) in [5.41, 5.74) is 8.37. The van der Waals surface area contributed by atoms with Gasteiger partial charge in [-0.1, -0.05) is 26.7 Å². The van der Waals surface area contributed by atoms with Crippen molar-refractivity contribution < 1.29 is 19.1 Å². The number of nitrogens with two attached hydrogens (primary N) is 1. The molecular formula is C16H30N4O4. The molecule has 1 rings (SSSR count). The molecule has 0 aromatic heterocycles. The summed E-state index contributed by atoms with van der Waals surface area (Å²) in [6.45, 7) is 6.72. The van der Waals surface area contributed by atoms with E-state index >= 15 is 0 Å². The lowest BCUT2D eigenvalue weighted by molar-refractivity contribution is -0.140. The Bertz CT molecular complexity index is 444. The molecule has 0 spiro atoms. The molecule has 0 unspecified atom stereocenters. The Hall–Kier alpha value is -1.83. The minimum atomic E-state index is -0.616. The third-order valence-corrected chi connectivity index (χ3v) is 3.99. The van der Waals surface area contributed by atoms with Gasteiger partial charge in [-0.05, 0) is 26.2 Å². The molecule has 8 nitrogen and oxygen atoms in total. The lowest BCUT2D eigenvalue weighted by Gasteiger charge is -2.30. The number of rotatable bonds is 8. The van der Waals surface area contributed by atoms with Gasteiger partial charge in [0.15, 0.2) is 0 Å². The minimum Gasteiger partial charge on any atom is -0.448 e. The molecule has 3 N–H and O–H groups in total. The van der Waals surface area contributed by atoms with Crippen LogP contribution < -0.4 is 11.2 Å². The Morgan fingerprint density at radius 2 is 2.08 bits per heavy atom. The topological polar surface area (TPSA) is 105 Å². The highest BCUT2D eigenvalue weighted by molar-refractivity contribution is 5.91. The predicted octanol–water partition coefficient (Wildman–Crippen LogP) is 1.00. The van der Waals surface area contributed by atoms with Crippen molar-refractivity contribution in [2.45, 2.75) is 65.0 Å². The molecular weight excluding hydrogens is 312 g/mol. The van der Waals surface area contributed by atoms with Gasteiger partial charge >= 0.3 is 6.09 Å². The normalized spacial score (nSPS) is 18.4. The van der Waals surface area contributed by atoms with Crippen LogP contribution in [0.25, 0.3) is 0 Å². The molecule has 1 aliphatic rings. The van der Waals surface area contributed by atoms with Crippen molar-refractivity contribution >= 4 is 17.9 Å². The molecule has 0 radical (unpaired) electrons. The molecule has 0 saturated carbocycles. The summed E-state index contributed by atoms with van der Waals surface area (Å²) >= 11 is 0. The standard InChI is InChI=1S/C16H30N4O4/c1-4-7-10-20(16(23)24-6-3)18-14(21)13(8-5-2)19-11-9-12(17)15(19)22/h12-13H,4-11,17H2,1-3H3,(H,18,21)/t12-,13+/m1/s1. The Morgan fingerprint density at radius 3 is 2.58 bits per heavy atom. The van der Waals surface area contributed by atoms with Crippen LogP contribution in [-0.4, -0.2) is 59.6 Å². The zero-order chi connectivity index (χ0) is 18.1. The summed E-state index contributed by atoms with van der Waals surface area (Å²) in [5, 5.41) is 1.19. The third kappa shape index (κ3) is 5.36. The molecule has 0 aromatic carbocycles. The molecule has 1 fully saturated rings. The first-order chi connectivity index (χ1) is 11.5. The number of ether oxygens (including phenoxy) is 1. The number of carbonyl (C=O) groups is 3. The van der Waals surface area contributed by atoms with E-state index in [1.807, 2.05) is 13.8 Å². The van der Waals surface area contributed by atoms with Crippen molar-refractivity contribution in [2.24, 2.45) is 5.73 Å². The fraction of sp³-hybridized carbons (Fsp3) is 0.812. The van der Waals surface area contributed by atoms with Crippen molar-refractivity contribution in [3.8, 4) is 0 Å². The third-order valence-electron chi connectivity index (χ3n) is 3.99. The van der Waals surface area contributed by atoms with E-state index in [1.54, 1.807) is 6.92 Å². The lowest BCUT2D eigenvalue weighted by atomic mass is 10.1. The molecule has 24 heavy (non-hydrogen) atoms. The molecule has 1 saturated heterocycles. The number of likely N-dealkylation sites (tertiary alicyclic amines) is 1. The number of unbranched alkanes of at least 4 members (excludes halogenated alkanes) is 1. The molecule has 138 valence electrons. The van der Waals surface area contributed by atoms with Crippen LogP contribution in [0.4, 0.5) is 4.79 Å². The van der Waals surface area contributed by atoms with Crippen molar-refractivity contribution in [1.29, 1.82) is 0 Å². The maximum atomic E-state index is 12.7. The van der Waals surface area contributed by atoms with E-state index < -0.39 is 18.2 Å². The van der Waals surface area contributed by atoms with Gasteiger partial charge in [-0.3, -0.25) is 15.0 Å². The van der Waals surface area contributed by atoms with Gasteiger partial charge in [0, 0.05) is 13.1 Å². The second-order valence-electron chi connectivity index (χ2n) is 5.91. The number of amides is 3. The second-order valence-corrected chi connectivity index (χ2v) is 5.91. The van der Waals surface area contributed by atoms with Gasteiger partial charge in [-0.15, -0.1) is 0 Å². The van der Waals surface area contributed by atoms with Crippen LogP contribution in [0, 0.1) is 0 Å². The number of hydrogen-bond acceptors (Lipinski definition) is 5. The Morgan fingerprint density at radius 1 is 1.38 bits per heavy atom. The quantitative estimate of drug-likeness (QED) is 0.640. The monoisotopic (exact) mass is 342 g/mol. The summed E-state index contributed by atoms with van der Waals surface area (Å²) < 4.78 is 4.98. The molecule has 1 aliphatic heterocycles. The average molecular weight is 342 g/mol. The Kier molecular flexibility index (Phi) is 8.53. The first kappa shape index (κ1) is 20.2. The molecule has 3 amide bonds. The van der Waals surface area contributed by atoms with E-state index in [0.29, 0.717) is 25.9 Å². The largest absolute Gasteiger partial charge is 0.448 e. The number of carbonyl (C=O) groups excluding carboxylic acids is 3. The average Bonchev–Trinajstić information content (AvgIpc) is 2.88. The fourth-order valence-corrected chi connectivity index (χ4v) is 2.65. The van der Waals surface area contributed by atoms with Crippen LogP contribution >= 0.6 is 0 Å². The highest BCUT2D eigenvalue weighted by Crippen LogP contribution is 2.17. The van der Waals surface area contributed by atoms with Crippen LogP contribution in [0.5, 0.6) is 0 Å². The smallest absolute Gasteiger partial charge is 0.428 e. The summed E-state index contributed by atoms with van der Waals surface area (Å²) in [6, 6.07) is -1.16. The molecule has 0 aliphatic carbocycles. The zero-order valence-corrected chi connectivity index (χ0v) is 14.9. The van der Waals surface area contributed by atoms with E-state index in [-0.39, 0.29) is 18.4 Å². The van der Waals surface area contributed by atoms with E-state index in [4.69, 9.17) is 10.5 Å². The van der Waals surface area contributed by atoms with Crippen LogP contribution in [0.2, 0.25) is 0 Å². The van der Waals surface area contributed by atoms with Gasteiger partial charge in [0.25, 0.3) is 5.91 Å². The van der Waals surface area contributed by atoms with Gasteiger partial charge in [-0.2, -0.15) is 0 Å². The summed E-state index contributed by atoms with van der Waals surface area (Å²) in [7, 11) is 0. The van der Waals surface area contributed by atoms with Crippen molar-refractivity contribution in [3.05, 3.63) is 0 Å². The Balaban J connectivity index is 2.80. The highest BCUT2D eigenvalue weighted by Gasteiger charge is 2.37. The fourth-order valence-electron chi connectivity index (χ4n) is 2.65. The second kappa shape index (κ2) is 10.1. The zero-order valence-electron chi connectivity index (χ0n) is 14.9. The van der Waals surface area contributed by atoms with Gasteiger partial charge in [0.1, 0.15) is 6.04 Å². The van der Waals surface area contributed by atoms with Gasteiger partial charge < -0.3 is 15.4 Å². The van der Waals surface area contributed by atoms with Crippen LogP contribution in [0.1, 0.15) is 52.9 Å². The summed E-state index contributed by atoms with van der Waals surface area (Å²) in [5.74, 6) is -0.580. The van der Waals surface area contributed by atoms with E-state index in [0.717, 1.165) is 19.3 Å². The van der Waals surface area contributed by atoms with E-state index in [2.05, 4.69) is 5.43 Å². The first-order valence-electron chi connectivity index (χ1n) is 8.77. The molecule has 1 heterocycles. The Labute approximate surface area is 143 Å². The van der Waals surface area contributed by atoms with Crippen LogP contribution in [0.15, 0.2) is 0 Å². The summed E-state index contributed by atoms with van der Waals surface area (Å²) in [6.07, 6.45) is 2.84. The SMILES string of the molecule is CCCCN(NC(=O)[C@H](CCC)N1CC[C@@H](N)C1=O)C(=O)OCC. The molecule has 2 atom stereocenters. The van der Waals surface area contributed by atoms with Gasteiger partial charge in [-0.25, -0.2) is 9.80 Å². The highest BCUT2D eigenvalue weighted by atomic mass is 16.6. The predicted molar refractivity (Wildman–Crippen MR) is 89.8 cm³/mol. The number of nitrogens with zero attached hydrogens (tertiary/aromatic N) is 2. The van der Waals surface area contributed by atoms with E-state index in [1.165, 1.54) is 9.91 Å². The van der Waals surface area contributed by atoms with Gasteiger partial charge in [0.2, 0.25) is 5.91 Å². The van der Waals surface area contributed by atoms with Crippen molar-refractivity contribution in [3.63, 3.8) is 0 Å². The van der Waals surface area contributed by atoms with Crippen molar-refractivity contribution in [1.82, 2.24) is 15.3 Å². The molecule has 0 bridgehead atoms. The van der Waals surface area contributed by atoms with Gasteiger partial charge in [0.05, 0.1) is 12.6 Å². The first-order valence-corrected chi connectivity index (χ1v) is 8.77. The van der Waals surface area contributed by atoms with Crippen LogP contribution in [-0.2, 0) is 14.3 Å². The van der Waals surface area contributed by atoms with E-state index in [9.17, 15) is 14.4 Å². The van der Waals surface area contributed by atoms with Crippen molar-refractivity contribution in [2.75, 3.05) is 19.7 Å². The molecule has 0 aromatic rings. The number of nitrogens with one attached hydrogen (secondary N) is 1. The maximum absolute atomic E-state index is 12.7. The number of hydrazine groups is 1. The minimum absolute atomic E-state index is 0.208. The van der Waals surface area contributed by atoms with Crippen LogP contribution in [0.3, 0.4) is 0 Å².